The summed E-state index contributed by atoms with van der Waals surface area (Å²) in [7, 11) is -2.93. The number of hydrogen-bond donors (Lipinski definition) is 1. The Hall–Kier alpha value is -0.910. The molecular weight excluding hydrogens is 302 g/mol. The number of rotatable bonds is 5. The van der Waals surface area contributed by atoms with Crippen LogP contribution in [0.2, 0.25) is 0 Å². The molecule has 21 heavy (non-hydrogen) atoms. The number of hydrogen-bond acceptors (Lipinski definition) is 4. The van der Waals surface area contributed by atoms with Gasteiger partial charge in [0.2, 0.25) is 0 Å². The van der Waals surface area contributed by atoms with Crippen LogP contribution in [-0.4, -0.2) is 32.5 Å². The SMILES string of the molecule is CS(=O)(=O)[C@@H]1CCC[C@H]1NCCc1csc2ccccc12. The normalized spacial score (nSPS) is 22.9. The molecule has 3 rings (SSSR count). The number of thiophene rings is 1. The number of nitrogens with one attached hydrogen (secondary N) is 1. The Labute approximate surface area is 130 Å². The van der Waals surface area contributed by atoms with E-state index in [-0.39, 0.29) is 11.3 Å². The van der Waals surface area contributed by atoms with Crippen LogP contribution >= 0.6 is 11.3 Å². The van der Waals surface area contributed by atoms with Crippen LogP contribution in [-0.2, 0) is 16.3 Å². The van der Waals surface area contributed by atoms with Crippen molar-refractivity contribution in [3.05, 3.63) is 35.2 Å². The van der Waals surface area contributed by atoms with E-state index in [1.165, 1.54) is 21.9 Å². The molecule has 2 aromatic rings. The van der Waals surface area contributed by atoms with Crippen molar-refractivity contribution in [2.75, 3.05) is 12.8 Å². The van der Waals surface area contributed by atoms with Crippen LogP contribution in [0.3, 0.4) is 0 Å². The van der Waals surface area contributed by atoms with Gasteiger partial charge >= 0.3 is 0 Å². The van der Waals surface area contributed by atoms with Crippen molar-refractivity contribution >= 4 is 31.3 Å². The molecule has 0 aliphatic heterocycles. The zero-order valence-corrected chi connectivity index (χ0v) is 13.8. The molecule has 0 saturated heterocycles. The van der Waals surface area contributed by atoms with Crippen LogP contribution in [0.1, 0.15) is 24.8 Å². The first-order valence-electron chi connectivity index (χ1n) is 7.43. The maximum atomic E-state index is 11.8. The summed E-state index contributed by atoms with van der Waals surface area (Å²) < 4.78 is 24.9. The van der Waals surface area contributed by atoms with Gasteiger partial charge in [-0.2, -0.15) is 0 Å². The lowest BCUT2D eigenvalue weighted by Gasteiger charge is -2.19. The van der Waals surface area contributed by atoms with Gasteiger partial charge in [-0.25, -0.2) is 8.42 Å². The number of sulfone groups is 1. The minimum atomic E-state index is -2.93. The molecule has 114 valence electrons. The molecule has 5 heteroatoms. The Kier molecular flexibility index (Phi) is 4.33. The summed E-state index contributed by atoms with van der Waals surface area (Å²) in [6, 6.07) is 8.58. The maximum Gasteiger partial charge on any atom is 0.151 e. The molecule has 1 aliphatic rings. The van der Waals surface area contributed by atoms with Crippen LogP contribution in [0.25, 0.3) is 10.1 Å². The van der Waals surface area contributed by atoms with Crippen LogP contribution in [0.5, 0.6) is 0 Å². The minimum Gasteiger partial charge on any atom is -0.312 e. The summed E-state index contributed by atoms with van der Waals surface area (Å²) in [4.78, 5) is 0. The lowest BCUT2D eigenvalue weighted by molar-refractivity contribution is 0.511. The topological polar surface area (TPSA) is 46.2 Å². The Balaban J connectivity index is 1.61. The van der Waals surface area contributed by atoms with Gasteiger partial charge in [-0.05, 0) is 48.2 Å². The van der Waals surface area contributed by atoms with E-state index >= 15 is 0 Å². The van der Waals surface area contributed by atoms with Crippen molar-refractivity contribution < 1.29 is 8.42 Å². The van der Waals surface area contributed by atoms with E-state index in [0.717, 1.165) is 32.2 Å². The highest BCUT2D eigenvalue weighted by atomic mass is 32.2. The smallest absolute Gasteiger partial charge is 0.151 e. The molecule has 0 bridgehead atoms. The summed E-state index contributed by atoms with van der Waals surface area (Å²) in [5.74, 6) is 0. The predicted molar refractivity (Wildman–Crippen MR) is 89.8 cm³/mol. The highest BCUT2D eigenvalue weighted by molar-refractivity contribution is 7.91. The van der Waals surface area contributed by atoms with Gasteiger partial charge in [-0.3, -0.25) is 0 Å². The van der Waals surface area contributed by atoms with Crippen molar-refractivity contribution in [1.29, 1.82) is 0 Å². The van der Waals surface area contributed by atoms with E-state index in [2.05, 4.69) is 35.0 Å². The van der Waals surface area contributed by atoms with Gasteiger partial charge in [-0.1, -0.05) is 24.6 Å². The molecule has 1 aromatic heterocycles. The summed E-state index contributed by atoms with van der Waals surface area (Å²) >= 11 is 1.78. The fourth-order valence-electron chi connectivity index (χ4n) is 3.29. The van der Waals surface area contributed by atoms with Crippen LogP contribution in [0.4, 0.5) is 0 Å². The monoisotopic (exact) mass is 323 g/mol. The Morgan fingerprint density at radius 2 is 2.10 bits per heavy atom. The van der Waals surface area contributed by atoms with E-state index < -0.39 is 9.84 Å². The molecule has 1 fully saturated rings. The second-order valence-electron chi connectivity index (χ2n) is 5.87. The van der Waals surface area contributed by atoms with Crippen molar-refractivity contribution in [1.82, 2.24) is 5.32 Å². The first kappa shape index (κ1) is 15.0. The highest BCUT2D eigenvalue weighted by Gasteiger charge is 2.34. The van der Waals surface area contributed by atoms with Crippen LogP contribution in [0, 0.1) is 0 Å². The second-order valence-corrected chi connectivity index (χ2v) is 9.04. The molecule has 0 amide bonds. The first-order chi connectivity index (χ1) is 10.1. The van der Waals surface area contributed by atoms with Gasteiger partial charge in [-0.15, -0.1) is 11.3 Å². The molecule has 1 N–H and O–H groups in total. The van der Waals surface area contributed by atoms with Crippen molar-refractivity contribution in [3.8, 4) is 0 Å². The van der Waals surface area contributed by atoms with Gasteiger partial charge < -0.3 is 5.32 Å². The van der Waals surface area contributed by atoms with Crippen molar-refractivity contribution in [3.63, 3.8) is 0 Å². The lowest BCUT2D eigenvalue weighted by Crippen LogP contribution is -2.40. The number of fused-ring (bicyclic) bond motifs is 1. The summed E-state index contributed by atoms with van der Waals surface area (Å²) in [5.41, 5.74) is 1.36. The summed E-state index contributed by atoms with van der Waals surface area (Å²) in [6.07, 6.45) is 5.11. The van der Waals surface area contributed by atoms with E-state index in [0.29, 0.717) is 0 Å². The summed E-state index contributed by atoms with van der Waals surface area (Å²) in [5, 5.41) is 6.82. The van der Waals surface area contributed by atoms with E-state index in [1.54, 1.807) is 11.3 Å². The first-order valence-corrected chi connectivity index (χ1v) is 10.3. The van der Waals surface area contributed by atoms with Crippen LogP contribution in [0.15, 0.2) is 29.6 Å². The Morgan fingerprint density at radius 3 is 2.90 bits per heavy atom. The lowest BCUT2D eigenvalue weighted by atomic mass is 10.1. The zero-order chi connectivity index (χ0) is 14.9. The third-order valence-corrected chi connectivity index (χ3v) is 7.04. The molecule has 1 aromatic carbocycles. The van der Waals surface area contributed by atoms with E-state index in [9.17, 15) is 8.42 Å². The van der Waals surface area contributed by atoms with E-state index in [1.807, 2.05) is 0 Å². The molecule has 0 spiro atoms. The van der Waals surface area contributed by atoms with Crippen LogP contribution < -0.4 is 5.32 Å². The molecule has 3 nitrogen and oxygen atoms in total. The quantitative estimate of drug-likeness (QED) is 0.920. The number of benzene rings is 1. The predicted octanol–water partition coefficient (Wildman–Crippen LogP) is 3.00. The standard InChI is InChI=1S/C16H21NO2S2/c1-21(18,19)16-8-4-6-14(16)17-10-9-12-11-20-15-7-3-2-5-13(12)15/h2-3,5,7,11,14,16-17H,4,6,8-10H2,1H3/t14-,16-/m1/s1. The van der Waals surface area contributed by atoms with Gasteiger partial charge in [0.1, 0.15) is 0 Å². The molecule has 1 aliphatic carbocycles. The average molecular weight is 323 g/mol. The Morgan fingerprint density at radius 1 is 1.29 bits per heavy atom. The van der Waals surface area contributed by atoms with Crippen molar-refractivity contribution in [2.24, 2.45) is 0 Å². The fourth-order valence-corrected chi connectivity index (χ4v) is 5.71. The average Bonchev–Trinajstić information content (AvgIpc) is 3.05. The molecular formula is C16H21NO2S2. The third-order valence-electron chi connectivity index (χ3n) is 4.36. The van der Waals surface area contributed by atoms with Gasteiger partial charge in [0.15, 0.2) is 9.84 Å². The largest absolute Gasteiger partial charge is 0.312 e. The van der Waals surface area contributed by atoms with E-state index in [4.69, 9.17) is 0 Å². The Bertz CT molecular complexity index is 721. The maximum absolute atomic E-state index is 11.8. The second kappa shape index (κ2) is 6.07. The molecule has 0 unspecified atom stereocenters. The molecule has 0 radical (unpaired) electrons. The van der Waals surface area contributed by atoms with Gasteiger partial charge in [0.25, 0.3) is 0 Å². The van der Waals surface area contributed by atoms with Gasteiger partial charge in [0.05, 0.1) is 5.25 Å². The molecule has 1 saturated carbocycles. The highest BCUT2D eigenvalue weighted by Crippen LogP contribution is 2.27. The third kappa shape index (κ3) is 3.30. The van der Waals surface area contributed by atoms with Gasteiger partial charge in [0, 0.05) is 17.0 Å². The molecule has 2 atom stereocenters. The fraction of sp³-hybridized carbons (Fsp3) is 0.500. The minimum absolute atomic E-state index is 0.130. The molecule has 1 heterocycles. The summed E-state index contributed by atoms with van der Waals surface area (Å²) in [6.45, 7) is 0.845. The van der Waals surface area contributed by atoms with Crippen molar-refractivity contribution in [2.45, 2.75) is 37.0 Å². The zero-order valence-electron chi connectivity index (χ0n) is 12.2.